The minimum Gasteiger partial charge on any atom is -0.310 e. The maximum atomic E-state index is 4.46. The molecule has 5 nitrogen and oxygen atoms in total. The summed E-state index contributed by atoms with van der Waals surface area (Å²) in [7, 11) is 2.14. The van der Waals surface area contributed by atoms with Crippen LogP contribution in [0, 0.1) is 0 Å². The average Bonchev–Trinajstić information content (AvgIpc) is 2.93. The second kappa shape index (κ2) is 7.17. The van der Waals surface area contributed by atoms with Crippen molar-refractivity contribution in [3.8, 4) is 5.69 Å². The van der Waals surface area contributed by atoms with Crippen LogP contribution in [0.1, 0.15) is 19.5 Å². The number of rotatable bonds is 7. The van der Waals surface area contributed by atoms with Crippen LogP contribution in [0.25, 0.3) is 5.69 Å². The largest absolute Gasteiger partial charge is 0.310 e. The molecule has 0 atom stereocenters. The number of para-hydroxylation sites is 1. The second-order valence-corrected chi connectivity index (χ2v) is 5.21. The summed E-state index contributed by atoms with van der Waals surface area (Å²) in [6.45, 7) is 7.13. The number of likely N-dealkylation sites (N-methyl/N-ethyl adjacent to an activating group) is 1. The highest BCUT2D eigenvalue weighted by atomic mass is 15.5. The second-order valence-electron chi connectivity index (χ2n) is 5.21. The number of hydrogen-bond donors (Lipinski definition) is 1. The summed E-state index contributed by atoms with van der Waals surface area (Å²) >= 11 is 0. The van der Waals surface area contributed by atoms with Crippen LogP contribution in [-0.2, 0) is 6.54 Å². The number of benzene rings is 1. The van der Waals surface area contributed by atoms with E-state index in [0.29, 0.717) is 6.04 Å². The lowest BCUT2D eigenvalue weighted by atomic mass is 10.3. The molecule has 108 valence electrons. The summed E-state index contributed by atoms with van der Waals surface area (Å²) in [6.07, 6.45) is 1.81. The van der Waals surface area contributed by atoms with Gasteiger partial charge in [-0.2, -0.15) is 15.0 Å². The molecule has 1 aromatic carbocycles. The molecule has 0 bridgehead atoms. The van der Waals surface area contributed by atoms with Crippen LogP contribution < -0.4 is 5.32 Å². The summed E-state index contributed by atoms with van der Waals surface area (Å²) in [6, 6.07) is 10.5. The molecule has 2 aromatic rings. The molecule has 0 fully saturated rings. The lowest BCUT2D eigenvalue weighted by Crippen LogP contribution is -2.33. The normalized spacial score (nSPS) is 11.4. The highest BCUT2D eigenvalue weighted by Gasteiger charge is 2.04. The van der Waals surface area contributed by atoms with E-state index in [2.05, 4.69) is 41.3 Å². The third-order valence-corrected chi connectivity index (χ3v) is 3.36. The third-order valence-electron chi connectivity index (χ3n) is 3.36. The first-order valence-electron chi connectivity index (χ1n) is 7.04. The summed E-state index contributed by atoms with van der Waals surface area (Å²) in [5, 5.41) is 12.1. The fourth-order valence-corrected chi connectivity index (χ4v) is 1.79. The maximum Gasteiger partial charge on any atom is 0.0969 e. The van der Waals surface area contributed by atoms with E-state index in [0.717, 1.165) is 31.0 Å². The first-order valence-corrected chi connectivity index (χ1v) is 7.04. The molecule has 0 saturated carbocycles. The van der Waals surface area contributed by atoms with Crippen LogP contribution in [0.15, 0.2) is 36.5 Å². The van der Waals surface area contributed by atoms with Gasteiger partial charge in [0, 0.05) is 25.7 Å². The SMILES string of the molecule is CC(C)N(C)CCNCc1cnn(-c2ccccc2)n1. The predicted octanol–water partition coefficient (Wildman–Crippen LogP) is 1.70. The molecular weight excluding hydrogens is 250 g/mol. The van der Waals surface area contributed by atoms with Crippen molar-refractivity contribution in [1.82, 2.24) is 25.2 Å². The van der Waals surface area contributed by atoms with Gasteiger partial charge in [0.25, 0.3) is 0 Å². The van der Waals surface area contributed by atoms with Crippen molar-refractivity contribution < 1.29 is 0 Å². The van der Waals surface area contributed by atoms with Crippen molar-refractivity contribution in [2.75, 3.05) is 20.1 Å². The molecule has 0 unspecified atom stereocenters. The summed E-state index contributed by atoms with van der Waals surface area (Å²) in [5.74, 6) is 0. The molecule has 5 heteroatoms. The van der Waals surface area contributed by atoms with E-state index in [9.17, 15) is 0 Å². The topological polar surface area (TPSA) is 46.0 Å². The van der Waals surface area contributed by atoms with Crippen molar-refractivity contribution in [1.29, 1.82) is 0 Å². The summed E-state index contributed by atoms with van der Waals surface area (Å²) < 4.78 is 0. The van der Waals surface area contributed by atoms with Gasteiger partial charge in [-0.05, 0) is 33.0 Å². The van der Waals surface area contributed by atoms with Crippen molar-refractivity contribution in [3.63, 3.8) is 0 Å². The van der Waals surface area contributed by atoms with Crippen molar-refractivity contribution >= 4 is 0 Å². The lowest BCUT2D eigenvalue weighted by molar-refractivity contribution is 0.273. The van der Waals surface area contributed by atoms with Gasteiger partial charge in [0.15, 0.2) is 0 Å². The van der Waals surface area contributed by atoms with Crippen LogP contribution in [0.2, 0.25) is 0 Å². The third kappa shape index (κ3) is 4.15. The van der Waals surface area contributed by atoms with Gasteiger partial charge in [0.1, 0.15) is 0 Å². The van der Waals surface area contributed by atoms with E-state index in [4.69, 9.17) is 0 Å². The van der Waals surface area contributed by atoms with E-state index in [1.54, 1.807) is 4.80 Å². The minimum absolute atomic E-state index is 0.579. The van der Waals surface area contributed by atoms with E-state index >= 15 is 0 Å². The Morgan fingerprint density at radius 1 is 1.25 bits per heavy atom. The smallest absolute Gasteiger partial charge is 0.0969 e. The highest BCUT2D eigenvalue weighted by molar-refractivity contribution is 5.28. The van der Waals surface area contributed by atoms with E-state index in [1.807, 2.05) is 36.5 Å². The molecule has 0 aliphatic heterocycles. The van der Waals surface area contributed by atoms with Gasteiger partial charge in [-0.25, -0.2) is 0 Å². The molecule has 0 aliphatic rings. The fourth-order valence-electron chi connectivity index (χ4n) is 1.79. The lowest BCUT2D eigenvalue weighted by Gasteiger charge is -2.20. The molecule has 1 N–H and O–H groups in total. The molecule has 20 heavy (non-hydrogen) atoms. The molecule has 1 heterocycles. The number of nitrogens with zero attached hydrogens (tertiary/aromatic N) is 4. The maximum absolute atomic E-state index is 4.46. The van der Waals surface area contributed by atoms with Crippen LogP contribution in [0.4, 0.5) is 0 Å². The number of aromatic nitrogens is 3. The summed E-state index contributed by atoms with van der Waals surface area (Å²) in [5.41, 5.74) is 1.94. The first-order chi connectivity index (χ1) is 9.66. The minimum atomic E-state index is 0.579. The Labute approximate surface area is 120 Å². The van der Waals surface area contributed by atoms with Crippen molar-refractivity contribution in [2.45, 2.75) is 26.4 Å². The molecule has 0 spiro atoms. The number of nitrogens with one attached hydrogen (secondary N) is 1. The zero-order chi connectivity index (χ0) is 14.4. The standard InChI is InChI=1S/C15H23N5/c1-13(2)19(3)10-9-16-11-14-12-17-20(18-14)15-7-5-4-6-8-15/h4-8,12-13,16H,9-11H2,1-3H3. The van der Waals surface area contributed by atoms with Crippen LogP contribution in [0.3, 0.4) is 0 Å². The van der Waals surface area contributed by atoms with Crippen molar-refractivity contribution in [3.05, 3.63) is 42.2 Å². The van der Waals surface area contributed by atoms with Gasteiger partial charge in [-0.15, -0.1) is 0 Å². The van der Waals surface area contributed by atoms with Crippen LogP contribution in [0.5, 0.6) is 0 Å². The zero-order valence-electron chi connectivity index (χ0n) is 12.5. The first kappa shape index (κ1) is 14.7. The van der Waals surface area contributed by atoms with Gasteiger partial charge >= 0.3 is 0 Å². The molecule has 0 aliphatic carbocycles. The summed E-state index contributed by atoms with van der Waals surface area (Å²) in [4.78, 5) is 3.98. The molecule has 0 amide bonds. The quantitative estimate of drug-likeness (QED) is 0.780. The fraction of sp³-hybridized carbons (Fsp3) is 0.467. The van der Waals surface area contributed by atoms with Gasteiger partial charge in [0.2, 0.25) is 0 Å². The Bertz CT molecular complexity index is 506. The molecular formula is C15H23N5. The predicted molar refractivity (Wildman–Crippen MR) is 80.8 cm³/mol. The molecule has 0 radical (unpaired) electrons. The van der Waals surface area contributed by atoms with Crippen LogP contribution >= 0.6 is 0 Å². The number of hydrogen-bond acceptors (Lipinski definition) is 4. The molecule has 1 aromatic heterocycles. The van der Waals surface area contributed by atoms with Gasteiger partial charge in [-0.3, -0.25) is 0 Å². The van der Waals surface area contributed by atoms with Crippen molar-refractivity contribution in [2.24, 2.45) is 0 Å². The Morgan fingerprint density at radius 3 is 2.70 bits per heavy atom. The van der Waals surface area contributed by atoms with Gasteiger partial charge in [0.05, 0.1) is 17.6 Å². The average molecular weight is 273 g/mol. The van der Waals surface area contributed by atoms with E-state index < -0.39 is 0 Å². The van der Waals surface area contributed by atoms with Crippen LogP contribution in [-0.4, -0.2) is 46.1 Å². The Kier molecular flexibility index (Phi) is 5.26. The molecule has 0 saturated heterocycles. The Balaban J connectivity index is 1.79. The zero-order valence-corrected chi connectivity index (χ0v) is 12.5. The van der Waals surface area contributed by atoms with E-state index in [-0.39, 0.29) is 0 Å². The van der Waals surface area contributed by atoms with E-state index in [1.165, 1.54) is 0 Å². The monoisotopic (exact) mass is 273 g/mol. The Morgan fingerprint density at radius 2 is 2.00 bits per heavy atom. The van der Waals surface area contributed by atoms with Gasteiger partial charge < -0.3 is 10.2 Å². The Hall–Kier alpha value is -1.72. The molecule has 2 rings (SSSR count). The highest BCUT2D eigenvalue weighted by Crippen LogP contribution is 2.03. The van der Waals surface area contributed by atoms with Gasteiger partial charge in [-0.1, -0.05) is 18.2 Å².